The van der Waals surface area contributed by atoms with Gasteiger partial charge in [0.2, 0.25) is 17.7 Å². The molecule has 270 valence electrons. The van der Waals surface area contributed by atoms with Crippen LogP contribution >= 0.6 is 0 Å². The second-order valence-corrected chi connectivity index (χ2v) is 13.4. The van der Waals surface area contributed by atoms with Crippen LogP contribution in [0.15, 0.2) is 115 Å². The summed E-state index contributed by atoms with van der Waals surface area (Å²) in [5.74, 6) is -0.869. The zero-order valence-electron chi connectivity index (χ0n) is 29.6. The topological polar surface area (TPSA) is 151 Å². The van der Waals surface area contributed by atoms with E-state index in [1.54, 1.807) is 32.9 Å². The van der Waals surface area contributed by atoms with Gasteiger partial charge in [-0.3, -0.25) is 14.4 Å². The summed E-state index contributed by atoms with van der Waals surface area (Å²) in [4.78, 5) is 56.2. The number of fused-ring (bicyclic) bond motifs is 1. The van der Waals surface area contributed by atoms with Crippen molar-refractivity contribution in [2.24, 2.45) is 0 Å². The maximum atomic E-state index is 13.5. The quantitative estimate of drug-likeness (QED) is 0.0994. The lowest BCUT2D eigenvalue weighted by molar-refractivity contribution is -0.130. The van der Waals surface area contributed by atoms with E-state index in [1.807, 2.05) is 103 Å². The maximum Gasteiger partial charge on any atom is 0.408 e. The highest BCUT2D eigenvalue weighted by Gasteiger charge is 2.27. The molecule has 5 aromatic rings. The Labute approximate surface area is 303 Å². The van der Waals surface area contributed by atoms with Crippen molar-refractivity contribution in [1.29, 1.82) is 0 Å². The van der Waals surface area contributed by atoms with Crippen LogP contribution in [0.3, 0.4) is 0 Å². The van der Waals surface area contributed by atoms with Crippen LogP contribution in [0.25, 0.3) is 10.9 Å². The number of rotatable bonds is 15. The Kier molecular flexibility index (Phi) is 12.7. The zero-order valence-corrected chi connectivity index (χ0v) is 29.6. The number of aromatic amines is 1. The first-order valence-corrected chi connectivity index (χ1v) is 17.2. The van der Waals surface area contributed by atoms with Crippen molar-refractivity contribution in [3.05, 3.63) is 138 Å². The van der Waals surface area contributed by atoms with Crippen LogP contribution in [0.4, 0.5) is 4.79 Å². The van der Waals surface area contributed by atoms with Crippen molar-refractivity contribution in [3.8, 4) is 5.75 Å². The van der Waals surface area contributed by atoms with Crippen molar-refractivity contribution in [1.82, 2.24) is 26.3 Å². The third-order valence-corrected chi connectivity index (χ3v) is 8.10. The monoisotopic (exact) mass is 703 g/mol. The molecule has 1 aromatic heterocycles. The molecule has 52 heavy (non-hydrogen) atoms. The molecule has 0 unspecified atom stereocenters. The molecule has 0 fully saturated rings. The lowest BCUT2D eigenvalue weighted by Gasteiger charge is -2.24. The molecule has 0 bridgehead atoms. The number of carbonyl (C=O) groups excluding carboxylic acids is 4. The van der Waals surface area contributed by atoms with Gasteiger partial charge in [-0.1, -0.05) is 91.0 Å². The Balaban J connectivity index is 1.23. The maximum absolute atomic E-state index is 13.5. The van der Waals surface area contributed by atoms with Gasteiger partial charge in [0.15, 0.2) is 0 Å². The zero-order chi connectivity index (χ0) is 36.9. The van der Waals surface area contributed by atoms with Gasteiger partial charge in [-0.2, -0.15) is 0 Å². The number of carbonyl (C=O) groups is 4. The summed E-state index contributed by atoms with van der Waals surface area (Å²) < 4.78 is 11.3. The average molecular weight is 704 g/mol. The predicted octanol–water partition coefficient (Wildman–Crippen LogP) is 5.34. The van der Waals surface area contributed by atoms with Gasteiger partial charge in [-0.05, 0) is 61.2 Å². The van der Waals surface area contributed by atoms with E-state index < -0.39 is 42.1 Å². The SMILES string of the molecule is CC(C)(C)OC(=O)N[C@@H](Cc1ccc(OCc2ccccc2)cc1)C(=O)NCC(=O)N[C@@H](Cc1c[nH]c2ccccc12)C(=O)NCc1ccccc1. The average Bonchev–Trinajstić information content (AvgIpc) is 3.54. The number of alkyl carbamates (subject to hydrolysis) is 1. The molecule has 0 saturated heterocycles. The summed E-state index contributed by atoms with van der Waals surface area (Å²) in [6.07, 6.45) is 1.40. The Morgan fingerprint density at radius 3 is 1.98 bits per heavy atom. The second kappa shape index (κ2) is 17.7. The van der Waals surface area contributed by atoms with E-state index in [4.69, 9.17) is 9.47 Å². The fourth-order valence-electron chi connectivity index (χ4n) is 5.53. The number of hydrogen-bond donors (Lipinski definition) is 5. The molecule has 0 radical (unpaired) electrons. The van der Waals surface area contributed by atoms with Crippen molar-refractivity contribution in [3.63, 3.8) is 0 Å². The molecule has 0 aliphatic carbocycles. The number of hydrogen-bond acceptors (Lipinski definition) is 6. The summed E-state index contributed by atoms with van der Waals surface area (Å²) in [5, 5.41) is 11.9. The number of aromatic nitrogens is 1. The minimum Gasteiger partial charge on any atom is -0.489 e. The van der Waals surface area contributed by atoms with Crippen LogP contribution < -0.4 is 26.0 Å². The molecule has 2 atom stereocenters. The van der Waals surface area contributed by atoms with Gasteiger partial charge in [0.05, 0.1) is 6.54 Å². The molecule has 5 rings (SSSR count). The summed E-state index contributed by atoms with van der Waals surface area (Å²) >= 11 is 0. The normalized spacial score (nSPS) is 12.3. The van der Waals surface area contributed by atoms with Crippen LogP contribution in [0, 0.1) is 0 Å². The highest BCUT2D eigenvalue weighted by Crippen LogP contribution is 2.20. The molecule has 5 N–H and O–H groups in total. The van der Waals surface area contributed by atoms with E-state index >= 15 is 0 Å². The Morgan fingerprint density at radius 1 is 0.673 bits per heavy atom. The number of ether oxygens (including phenoxy) is 2. The first-order chi connectivity index (χ1) is 25.0. The van der Waals surface area contributed by atoms with E-state index in [-0.39, 0.29) is 25.3 Å². The minimum atomic E-state index is -1.06. The molecule has 0 saturated carbocycles. The van der Waals surface area contributed by atoms with Gasteiger partial charge >= 0.3 is 6.09 Å². The number of H-pyrrole nitrogens is 1. The fourth-order valence-corrected chi connectivity index (χ4v) is 5.53. The smallest absolute Gasteiger partial charge is 0.408 e. The summed E-state index contributed by atoms with van der Waals surface area (Å²) in [7, 11) is 0. The highest BCUT2D eigenvalue weighted by molar-refractivity contribution is 5.93. The minimum absolute atomic E-state index is 0.122. The van der Waals surface area contributed by atoms with Gasteiger partial charge in [0.25, 0.3) is 0 Å². The highest BCUT2D eigenvalue weighted by atomic mass is 16.6. The first kappa shape index (κ1) is 37.2. The molecular weight excluding hydrogens is 658 g/mol. The van der Waals surface area contributed by atoms with E-state index in [1.165, 1.54) is 0 Å². The van der Waals surface area contributed by atoms with E-state index in [0.29, 0.717) is 12.4 Å². The van der Waals surface area contributed by atoms with Crippen molar-refractivity contribution in [2.75, 3.05) is 6.54 Å². The van der Waals surface area contributed by atoms with Crippen molar-refractivity contribution < 1.29 is 28.7 Å². The summed E-state index contributed by atoms with van der Waals surface area (Å²) in [5.41, 5.74) is 3.69. The van der Waals surface area contributed by atoms with Crippen LogP contribution in [0.1, 0.15) is 43.0 Å². The Hall–Kier alpha value is -6.10. The molecular formula is C41H45N5O6. The Morgan fingerprint density at radius 2 is 1.29 bits per heavy atom. The van der Waals surface area contributed by atoms with Gasteiger partial charge in [0.1, 0.15) is 30.0 Å². The van der Waals surface area contributed by atoms with Crippen LogP contribution in [-0.4, -0.2) is 53.0 Å². The number of nitrogens with one attached hydrogen (secondary N) is 5. The van der Waals surface area contributed by atoms with Crippen LogP contribution in [0.2, 0.25) is 0 Å². The third-order valence-electron chi connectivity index (χ3n) is 8.10. The Bertz CT molecular complexity index is 1940. The van der Waals surface area contributed by atoms with Gasteiger partial charge in [-0.15, -0.1) is 0 Å². The van der Waals surface area contributed by atoms with Crippen LogP contribution in [0.5, 0.6) is 5.75 Å². The van der Waals surface area contributed by atoms with Gasteiger partial charge < -0.3 is 35.7 Å². The standard InChI is InChI=1S/C41H45N5O6/c1-41(2,3)52-40(50)46-35(22-28-18-20-32(21-19-28)51-27-30-14-8-5-9-15-30)38(48)44-26-37(47)45-36(39(49)43-24-29-12-6-4-7-13-29)23-31-25-42-34-17-11-10-16-33(31)34/h4-21,25,35-36,42H,22-24,26-27H2,1-3H3,(H,43,49)(H,44,48)(H,45,47)(H,46,50)/t35-,36-/m0/s1. The number of amides is 4. The fraction of sp³-hybridized carbons (Fsp3) is 0.268. The van der Waals surface area contributed by atoms with E-state index in [0.717, 1.165) is 33.2 Å². The first-order valence-electron chi connectivity index (χ1n) is 17.2. The van der Waals surface area contributed by atoms with Crippen LogP contribution in [-0.2, 0) is 45.1 Å². The van der Waals surface area contributed by atoms with Crippen molar-refractivity contribution in [2.45, 2.75) is 64.4 Å². The van der Waals surface area contributed by atoms with E-state index in [9.17, 15) is 19.2 Å². The largest absolute Gasteiger partial charge is 0.489 e. The molecule has 4 aromatic carbocycles. The lowest BCUT2D eigenvalue weighted by Crippen LogP contribution is -2.53. The third kappa shape index (κ3) is 11.5. The number of benzene rings is 4. The number of para-hydroxylation sites is 1. The summed E-state index contributed by atoms with van der Waals surface area (Å²) in [6.45, 7) is 5.45. The van der Waals surface area contributed by atoms with Gasteiger partial charge in [-0.25, -0.2) is 4.79 Å². The molecule has 4 amide bonds. The summed E-state index contributed by atoms with van der Waals surface area (Å²) in [6, 6.07) is 32.2. The molecule has 0 aliphatic heterocycles. The van der Waals surface area contributed by atoms with Gasteiger partial charge in [0, 0.05) is 36.5 Å². The second-order valence-electron chi connectivity index (χ2n) is 13.4. The molecule has 0 aliphatic rings. The van der Waals surface area contributed by atoms with Crippen molar-refractivity contribution >= 4 is 34.7 Å². The molecule has 11 heteroatoms. The van der Waals surface area contributed by atoms with E-state index in [2.05, 4.69) is 26.3 Å². The molecule has 11 nitrogen and oxygen atoms in total. The lowest BCUT2D eigenvalue weighted by atomic mass is 10.0. The molecule has 0 spiro atoms. The molecule has 1 heterocycles. The predicted molar refractivity (Wildman–Crippen MR) is 199 cm³/mol.